The molecule has 2 aromatic rings. The van der Waals surface area contributed by atoms with Crippen LogP contribution in [-0.2, 0) is 19.9 Å². The number of alkyl halides is 3. The molecule has 5 heterocycles. The number of unbranched alkanes of at least 4 members (excludes halogenated alkanes) is 4. The average Bonchev–Trinajstić information content (AvgIpc) is 3.62. The van der Waals surface area contributed by atoms with Crippen molar-refractivity contribution in [1.82, 2.24) is 0 Å². The van der Waals surface area contributed by atoms with Gasteiger partial charge in [-0.1, -0.05) is 18.6 Å². The van der Waals surface area contributed by atoms with E-state index in [0.717, 1.165) is 69.2 Å². The molecule has 3 aliphatic rings. The number of carbonyl (C=O) groups is 2. The summed E-state index contributed by atoms with van der Waals surface area (Å²) in [6.07, 6.45) is 1.92. The first-order chi connectivity index (χ1) is 18.0. The Bertz CT molecular complexity index is 1040. The SMILES string of the molecule is N#CCCCCCC[N+]12CCC(CC1)[C@@H](OC(=O)C(O)(c1cccs1)c1cccs1)C2.O=C([O-])C(F)(F)F. The largest absolute Gasteiger partial charge is 0.542 e. The number of nitriles is 1. The third-order valence-electron chi connectivity index (χ3n) is 7.25. The summed E-state index contributed by atoms with van der Waals surface area (Å²) in [4.78, 5) is 23.4. The van der Waals surface area contributed by atoms with Gasteiger partial charge in [-0.3, -0.25) is 0 Å². The maximum atomic E-state index is 13.4. The Labute approximate surface area is 227 Å². The standard InChI is InChI=1S/C24H31N2O3S2.C2HF3O2/c25-12-4-2-1-3-5-13-26-14-10-19(11-15-26)20(18-26)29-23(27)24(28,21-8-6-16-30-21)22-9-7-17-31-22;3-2(4,5)1(6)7/h6-9,16-17,19-20,28H,1-5,10-11,13-15,18H2;(H,6,7)/q+1;/p-1/t19?,20-,26?;/m0./s1. The minimum Gasteiger partial charge on any atom is -0.542 e. The van der Waals surface area contributed by atoms with Gasteiger partial charge >= 0.3 is 12.1 Å². The van der Waals surface area contributed by atoms with E-state index < -0.39 is 23.7 Å². The summed E-state index contributed by atoms with van der Waals surface area (Å²) >= 11 is 2.77. The molecule has 3 aliphatic heterocycles. The number of fused-ring (bicyclic) bond motifs is 3. The molecular formula is C26H31F3N2O5S2. The van der Waals surface area contributed by atoms with Crippen LogP contribution in [0.2, 0.25) is 0 Å². The number of rotatable bonds is 10. The Morgan fingerprint density at radius 3 is 2.11 bits per heavy atom. The van der Waals surface area contributed by atoms with Crippen LogP contribution in [0.1, 0.15) is 54.7 Å². The highest BCUT2D eigenvalue weighted by atomic mass is 32.1. The highest BCUT2D eigenvalue weighted by molar-refractivity contribution is 7.12. The summed E-state index contributed by atoms with van der Waals surface area (Å²) in [5.74, 6) is -3.14. The molecule has 3 fully saturated rings. The molecule has 38 heavy (non-hydrogen) atoms. The van der Waals surface area contributed by atoms with E-state index in [0.29, 0.717) is 22.1 Å². The van der Waals surface area contributed by atoms with Crippen LogP contribution < -0.4 is 5.11 Å². The number of carbonyl (C=O) groups excluding carboxylic acids is 2. The average molecular weight is 573 g/mol. The summed E-state index contributed by atoms with van der Waals surface area (Å²) in [5, 5.41) is 32.8. The number of piperidine rings is 3. The number of carboxylic acid groups (broad SMARTS) is 1. The lowest BCUT2D eigenvalue weighted by atomic mass is 9.82. The van der Waals surface area contributed by atoms with Gasteiger partial charge in [0.15, 0.2) is 6.10 Å². The number of aliphatic hydroxyl groups is 1. The number of halogens is 3. The molecule has 0 aromatic carbocycles. The zero-order valence-electron chi connectivity index (χ0n) is 20.8. The molecule has 1 atom stereocenters. The summed E-state index contributed by atoms with van der Waals surface area (Å²) in [6, 6.07) is 9.55. The van der Waals surface area contributed by atoms with Crippen LogP contribution in [0, 0.1) is 17.2 Å². The lowest BCUT2D eigenvalue weighted by Crippen LogP contribution is -2.65. The van der Waals surface area contributed by atoms with Crippen LogP contribution in [0.4, 0.5) is 13.2 Å². The molecule has 1 N–H and O–H groups in total. The zero-order valence-corrected chi connectivity index (χ0v) is 22.5. The summed E-state index contributed by atoms with van der Waals surface area (Å²) in [5.41, 5.74) is -1.72. The van der Waals surface area contributed by atoms with Crippen LogP contribution in [0.25, 0.3) is 0 Å². The van der Waals surface area contributed by atoms with Crippen molar-refractivity contribution in [3.8, 4) is 6.07 Å². The van der Waals surface area contributed by atoms with E-state index in [9.17, 15) is 23.1 Å². The van der Waals surface area contributed by atoms with Crippen LogP contribution in [0.5, 0.6) is 0 Å². The molecule has 2 bridgehead atoms. The van der Waals surface area contributed by atoms with Gasteiger partial charge in [0.1, 0.15) is 12.5 Å². The first-order valence-electron chi connectivity index (χ1n) is 12.5. The third-order valence-corrected chi connectivity index (χ3v) is 9.21. The Kier molecular flexibility index (Phi) is 10.3. The number of ether oxygens (including phenoxy) is 1. The van der Waals surface area contributed by atoms with Gasteiger partial charge in [-0.15, -0.1) is 22.7 Å². The number of nitrogens with zero attached hydrogens (tertiary/aromatic N) is 2. The fraction of sp³-hybridized carbons (Fsp3) is 0.577. The first-order valence-corrected chi connectivity index (χ1v) is 14.3. The van der Waals surface area contributed by atoms with Gasteiger partial charge in [0.25, 0.3) is 0 Å². The Balaban J connectivity index is 0.000000505. The van der Waals surface area contributed by atoms with Crippen molar-refractivity contribution in [3.05, 3.63) is 44.8 Å². The van der Waals surface area contributed by atoms with E-state index in [2.05, 4.69) is 6.07 Å². The second kappa shape index (κ2) is 13.1. The van der Waals surface area contributed by atoms with Crippen molar-refractivity contribution in [1.29, 1.82) is 5.26 Å². The van der Waals surface area contributed by atoms with Crippen LogP contribution in [0.15, 0.2) is 35.0 Å². The number of hydrogen-bond donors (Lipinski definition) is 1. The minimum atomic E-state index is -5.19. The van der Waals surface area contributed by atoms with Gasteiger partial charge in [-0.05, 0) is 42.2 Å². The predicted molar refractivity (Wildman–Crippen MR) is 134 cm³/mol. The molecule has 12 heteroatoms. The van der Waals surface area contributed by atoms with Crippen LogP contribution in [-0.4, -0.2) is 60.0 Å². The first kappa shape index (κ1) is 30.1. The molecule has 0 radical (unpaired) electrons. The smallest absolute Gasteiger partial charge is 0.430 e. The third kappa shape index (κ3) is 7.34. The quantitative estimate of drug-likeness (QED) is 0.262. The van der Waals surface area contributed by atoms with Gasteiger partial charge in [-0.25, -0.2) is 4.79 Å². The predicted octanol–water partition coefficient (Wildman–Crippen LogP) is 3.97. The molecule has 208 valence electrons. The Morgan fingerprint density at radius 1 is 1.08 bits per heavy atom. The van der Waals surface area contributed by atoms with E-state index in [1.807, 2.05) is 35.0 Å². The highest BCUT2D eigenvalue weighted by Crippen LogP contribution is 2.40. The number of aliphatic carboxylic acids is 1. The fourth-order valence-corrected chi connectivity index (χ4v) is 6.90. The van der Waals surface area contributed by atoms with Crippen molar-refractivity contribution in [3.63, 3.8) is 0 Å². The molecule has 0 saturated carbocycles. The lowest BCUT2D eigenvalue weighted by molar-refractivity contribution is -0.946. The molecule has 2 aromatic heterocycles. The van der Waals surface area contributed by atoms with Gasteiger partial charge in [0.05, 0.1) is 35.5 Å². The molecule has 5 rings (SSSR count). The molecular weight excluding hydrogens is 541 g/mol. The second-order valence-corrected chi connectivity index (χ2v) is 11.6. The summed E-state index contributed by atoms with van der Waals surface area (Å²) in [6.45, 7) is 4.31. The van der Waals surface area contributed by atoms with Crippen LogP contribution >= 0.6 is 22.7 Å². The molecule has 0 aliphatic carbocycles. The monoisotopic (exact) mass is 572 g/mol. The van der Waals surface area contributed by atoms with E-state index in [4.69, 9.17) is 19.9 Å². The molecule has 0 unspecified atom stereocenters. The van der Waals surface area contributed by atoms with E-state index >= 15 is 0 Å². The maximum Gasteiger partial charge on any atom is 0.430 e. The molecule has 3 saturated heterocycles. The molecule has 0 spiro atoms. The Morgan fingerprint density at radius 2 is 1.63 bits per heavy atom. The second-order valence-electron chi connectivity index (χ2n) is 9.75. The van der Waals surface area contributed by atoms with Gasteiger partial charge in [0, 0.05) is 25.2 Å². The van der Waals surface area contributed by atoms with Crippen molar-refractivity contribution < 1.29 is 42.2 Å². The van der Waals surface area contributed by atoms with Crippen LogP contribution in [0.3, 0.4) is 0 Å². The number of hydrogen-bond acceptors (Lipinski definition) is 8. The van der Waals surface area contributed by atoms with Gasteiger partial charge in [0.2, 0.25) is 5.60 Å². The molecule has 0 amide bonds. The molecule has 7 nitrogen and oxygen atoms in total. The van der Waals surface area contributed by atoms with Crippen molar-refractivity contribution in [2.75, 3.05) is 26.2 Å². The van der Waals surface area contributed by atoms with Crippen molar-refractivity contribution in [2.45, 2.75) is 62.8 Å². The normalized spacial score (nSPS) is 22.7. The topological polar surface area (TPSA) is 110 Å². The summed E-state index contributed by atoms with van der Waals surface area (Å²) < 4.78 is 38.7. The van der Waals surface area contributed by atoms with E-state index in [1.165, 1.54) is 22.7 Å². The number of quaternary nitrogens is 1. The minimum absolute atomic E-state index is 0.125. The van der Waals surface area contributed by atoms with Gasteiger partial charge < -0.3 is 24.2 Å². The number of thiophene rings is 2. The van der Waals surface area contributed by atoms with E-state index in [1.54, 1.807) is 0 Å². The summed E-state index contributed by atoms with van der Waals surface area (Å²) in [7, 11) is 0. The Hall–Kier alpha value is -2.46. The lowest BCUT2D eigenvalue weighted by Gasteiger charge is -2.52. The number of esters is 1. The van der Waals surface area contributed by atoms with Crippen molar-refractivity contribution in [2.24, 2.45) is 5.92 Å². The van der Waals surface area contributed by atoms with Crippen molar-refractivity contribution >= 4 is 34.6 Å². The zero-order chi connectivity index (χ0) is 27.8. The highest BCUT2D eigenvalue weighted by Gasteiger charge is 2.51. The number of carboxylic acids is 1. The van der Waals surface area contributed by atoms with E-state index in [-0.39, 0.29) is 6.10 Å². The maximum absolute atomic E-state index is 13.4. The van der Waals surface area contributed by atoms with Gasteiger partial charge in [-0.2, -0.15) is 18.4 Å². The fourth-order valence-electron chi connectivity index (χ4n) is 5.19.